The van der Waals surface area contributed by atoms with Crippen LogP contribution >= 0.6 is 0 Å². The predicted octanol–water partition coefficient (Wildman–Crippen LogP) is -13.0. The topological polar surface area (TPSA) is 137 Å². The van der Waals surface area contributed by atoms with Crippen molar-refractivity contribution < 1.29 is 76.1 Å². The Morgan fingerprint density at radius 3 is 2.07 bits per heavy atom. The van der Waals surface area contributed by atoms with Crippen LogP contribution in [0.5, 0.6) is 0 Å². The van der Waals surface area contributed by atoms with Gasteiger partial charge in [0.05, 0.1) is 44.3 Å². The highest BCUT2D eigenvalue weighted by atomic mass is 35.5. The van der Waals surface area contributed by atoms with E-state index in [0.717, 1.165) is 52.6 Å². The zero-order valence-electron chi connectivity index (χ0n) is 24.4. The van der Waals surface area contributed by atoms with Crippen LogP contribution < -0.4 is 84.6 Å². The quantitative estimate of drug-likeness (QED) is 0.110. The highest BCUT2D eigenvalue weighted by Crippen LogP contribution is 2.15. The van der Waals surface area contributed by atoms with Crippen LogP contribution in [0.4, 0.5) is 0 Å². The SMILES string of the molecule is C[N+](CCN)(CCN)CCC[C@H](N)C(=O)N[C@@H](CCc1ccccc1)C(=O)Cc1cnc2ccccc2c1.[Cl-].[Cl-].[Cl-].[Cl-].[Cl-]. The molecule has 0 aliphatic carbocycles. The van der Waals surface area contributed by atoms with E-state index >= 15 is 0 Å². The van der Waals surface area contributed by atoms with Gasteiger partial charge in [-0.15, -0.1) is 0 Å². The fourth-order valence-corrected chi connectivity index (χ4v) is 4.87. The molecule has 0 fully saturated rings. The number of benzene rings is 2. The normalized spacial score (nSPS) is 11.7. The van der Waals surface area contributed by atoms with Crippen LogP contribution in [0.15, 0.2) is 66.9 Å². The van der Waals surface area contributed by atoms with Crippen molar-refractivity contribution >= 4 is 22.6 Å². The molecule has 13 heteroatoms. The van der Waals surface area contributed by atoms with Gasteiger partial charge in [-0.1, -0.05) is 48.5 Å². The average molecular weight is 697 g/mol. The standard InChI is InChI=1S/C30H42N6O2.5ClH/c1-36(18-15-31,19-16-32)17-7-11-26(33)30(38)35-28(14-13-23-8-3-2-4-9-23)29(37)21-24-20-25-10-5-6-12-27(25)34-22-24;;;;;/h2-6,8-10,12,20,22,26,28H,7,11,13-19,21,31-33H2,1H3;5*1H/p-4/t26-,28-;;;;;/m0...../s1. The molecule has 2 aromatic carbocycles. The minimum absolute atomic E-state index is 0. The summed E-state index contributed by atoms with van der Waals surface area (Å²) in [4.78, 5) is 30.9. The van der Waals surface area contributed by atoms with E-state index in [2.05, 4.69) is 17.3 Å². The summed E-state index contributed by atoms with van der Waals surface area (Å²) in [6, 6.07) is 18.5. The summed E-state index contributed by atoms with van der Waals surface area (Å²) in [5, 5.41) is 3.95. The lowest BCUT2D eigenvalue weighted by molar-refractivity contribution is -0.907. The second-order valence-electron chi connectivity index (χ2n) is 10.4. The van der Waals surface area contributed by atoms with E-state index < -0.39 is 12.1 Å². The van der Waals surface area contributed by atoms with Gasteiger partial charge in [0.15, 0.2) is 5.78 Å². The number of nitrogens with one attached hydrogen (secondary N) is 1. The van der Waals surface area contributed by atoms with Gasteiger partial charge in [-0.05, 0) is 48.9 Å². The Labute approximate surface area is 286 Å². The van der Waals surface area contributed by atoms with Crippen molar-refractivity contribution in [3.05, 3.63) is 78.0 Å². The first-order valence-electron chi connectivity index (χ1n) is 13.5. The molecule has 0 spiro atoms. The van der Waals surface area contributed by atoms with Gasteiger partial charge in [-0.25, -0.2) is 0 Å². The Morgan fingerprint density at radius 1 is 0.837 bits per heavy atom. The largest absolute Gasteiger partial charge is 1.00 e. The van der Waals surface area contributed by atoms with Crippen LogP contribution in [-0.2, 0) is 22.4 Å². The molecule has 1 aromatic heterocycles. The highest BCUT2D eigenvalue weighted by molar-refractivity contribution is 5.92. The number of halogens is 5. The summed E-state index contributed by atoms with van der Waals surface area (Å²) in [7, 11) is 2.13. The number of ketones is 1. The van der Waals surface area contributed by atoms with Crippen LogP contribution in [0.3, 0.4) is 0 Å². The summed E-state index contributed by atoms with van der Waals surface area (Å²) in [5.74, 6) is -0.339. The second-order valence-corrected chi connectivity index (χ2v) is 10.4. The van der Waals surface area contributed by atoms with Crippen molar-refractivity contribution in [2.45, 2.75) is 44.2 Å². The lowest BCUT2D eigenvalue weighted by atomic mass is 9.97. The van der Waals surface area contributed by atoms with Gasteiger partial charge in [0.25, 0.3) is 0 Å². The molecule has 0 bridgehead atoms. The van der Waals surface area contributed by atoms with Crippen LogP contribution in [0.25, 0.3) is 10.9 Å². The fraction of sp³-hybridized carbons (Fsp3) is 0.433. The number of quaternary nitrogens is 1. The monoisotopic (exact) mass is 694 g/mol. The predicted molar refractivity (Wildman–Crippen MR) is 153 cm³/mol. The van der Waals surface area contributed by atoms with E-state index in [0.29, 0.717) is 32.4 Å². The van der Waals surface area contributed by atoms with Gasteiger partial charge in [-0.2, -0.15) is 0 Å². The van der Waals surface area contributed by atoms with Crippen LogP contribution in [0.1, 0.15) is 30.4 Å². The number of pyridine rings is 1. The smallest absolute Gasteiger partial charge is 0.237 e. The molecular formula is C30H43Cl5N6O2-4. The molecule has 0 saturated carbocycles. The first kappa shape index (κ1) is 45.7. The lowest BCUT2D eigenvalue weighted by Gasteiger charge is -2.34. The summed E-state index contributed by atoms with van der Waals surface area (Å²) in [6.07, 6.45) is 4.42. The summed E-state index contributed by atoms with van der Waals surface area (Å²) in [5.41, 5.74) is 20.7. The number of likely N-dealkylation sites (N-methyl/N-ethyl adjacent to an activating group) is 1. The molecule has 8 nitrogen and oxygen atoms in total. The fourth-order valence-electron chi connectivity index (χ4n) is 4.87. The number of hydrogen-bond acceptors (Lipinski definition) is 6. The van der Waals surface area contributed by atoms with Crippen molar-refractivity contribution in [3.8, 4) is 0 Å². The molecule has 0 aliphatic heterocycles. The molecule has 0 radical (unpaired) electrons. The number of carbonyl (C=O) groups is 2. The number of Topliss-reactive ketones (excluding diaryl/α,β-unsaturated/α-hetero) is 1. The zero-order valence-corrected chi connectivity index (χ0v) is 28.2. The number of hydrogen-bond donors (Lipinski definition) is 4. The van der Waals surface area contributed by atoms with Crippen LogP contribution in [0.2, 0.25) is 0 Å². The molecule has 0 aliphatic rings. The molecule has 2 atom stereocenters. The van der Waals surface area contributed by atoms with Crippen molar-refractivity contribution in [3.63, 3.8) is 0 Å². The third kappa shape index (κ3) is 15.2. The van der Waals surface area contributed by atoms with Gasteiger partial charge >= 0.3 is 0 Å². The first-order chi connectivity index (χ1) is 18.3. The third-order valence-corrected chi connectivity index (χ3v) is 7.18. The maximum Gasteiger partial charge on any atom is 0.237 e. The average Bonchev–Trinajstić information content (AvgIpc) is 2.91. The number of nitrogens with zero attached hydrogens (tertiary/aromatic N) is 2. The summed E-state index contributed by atoms with van der Waals surface area (Å²) in [6.45, 7) is 3.68. The highest BCUT2D eigenvalue weighted by Gasteiger charge is 2.25. The van der Waals surface area contributed by atoms with E-state index in [4.69, 9.17) is 17.2 Å². The number of aromatic nitrogens is 1. The van der Waals surface area contributed by atoms with E-state index in [1.807, 2.05) is 60.7 Å². The molecule has 7 N–H and O–H groups in total. The van der Waals surface area contributed by atoms with Crippen molar-refractivity contribution in [1.82, 2.24) is 10.3 Å². The number of nitrogens with two attached hydrogens (primary N) is 3. The number of aryl methyl sites for hydroxylation is 1. The Kier molecular flexibility index (Phi) is 25.1. The molecule has 43 heavy (non-hydrogen) atoms. The molecule has 3 rings (SSSR count). The van der Waals surface area contributed by atoms with Gasteiger partial charge in [0.1, 0.15) is 0 Å². The lowest BCUT2D eigenvalue weighted by Crippen LogP contribution is -3.00. The Balaban J connectivity index is -0.00000320. The number of fused-ring (bicyclic) bond motifs is 1. The molecule has 0 unspecified atom stereocenters. The Hall–Kier alpha value is -1.72. The molecule has 1 heterocycles. The maximum absolute atomic E-state index is 13.4. The second kappa shape index (κ2) is 23.6. The maximum atomic E-state index is 13.4. The summed E-state index contributed by atoms with van der Waals surface area (Å²) < 4.78 is 0.763. The van der Waals surface area contributed by atoms with Gasteiger partial charge < -0.3 is 89.0 Å². The van der Waals surface area contributed by atoms with E-state index in [1.165, 1.54) is 0 Å². The Morgan fingerprint density at radius 2 is 1.44 bits per heavy atom. The molecular weight excluding hydrogens is 654 g/mol. The zero-order chi connectivity index (χ0) is 27.4. The summed E-state index contributed by atoms with van der Waals surface area (Å²) >= 11 is 0. The Bertz CT molecular complexity index is 1190. The molecule has 0 saturated heterocycles. The van der Waals surface area contributed by atoms with Crippen molar-refractivity contribution in [2.75, 3.05) is 39.8 Å². The molecule has 1 amide bonds. The minimum atomic E-state index is -0.687. The number of rotatable bonds is 16. The van der Waals surface area contributed by atoms with E-state index in [9.17, 15) is 9.59 Å². The third-order valence-electron chi connectivity index (χ3n) is 7.18. The molecule has 3 aromatic rings. The van der Waals surface area contributed by atoms with Crippen LogP contribution in [0, 0.1) is 0 Å². The van der Waals surface area contributed by atoms with E-state index in [1.54, 1.807) is 6.20 Å². The van der Waals surface area contributed by atoms with Gasteiger partial charge in [0.2, 0.25) is 5.91 Å². The van der Waals surface area contributed by atoms with Gasteiger partial charge in [-0.3, -0.25) is 14.6 Å². The number of carbonyl (C=O) groups excluding carboxylic acids is 2. The van der Waals surface area contributed by atoms with Crippen molar-refractivity contribution in [1.29, 1.82) is 0 Å². The number of para-hydroxylation sites is 1. The van der Waals surface area contributed by atoms with Crippen LogP contribution in [-0.4, -0.2) is 73.0 Å². The van der Waals surface area contributed by atoms with E-state index in [-0.39, 0.29) is 80.1 Å². The van der Waals surface area contributed by atoms with Crippen molar-refractivity contribution in [2.24, 2.45) is 17.2 Å². The molecule has 244 valence electrons. The minimum Gasteiger partial charge on any atom is -1.00 e. The number of amides is 1. The first-order valence-corrected chi connectivity index (χ1v) is 13.5. The van der Waals surface area contributed by atoms with Gasteiger partial charge in [0, 0.05) is 31.1 Å².